The van der Waals surface area contributed by atoms with Gasteiger partial charge < -0.3 is 5.32 Å². The first-order chi connectivity index (χ1) is 13.3. The number of rotatable bonds is 6. The van der Waals surface area contributed by atoms with Gasteiger partial charge in [-0.1, -0.05) is 42.1 Å². The van der Waals surface area contributed by atoms with E-state index in [4.69, 9.17) is 0 Å². The Morgan fingerprint density at radius 3 is 2.44 bits per heavy atom. The van der Waals surface area contributed by atoms with Crippen molar-refractivity contribution < 1.29 is 0 Å². The van der Waals surface area contributed by atoms with Crippen molar-refractivity contribution >= 4 is 23.2 Å². The summed E-state index contributed by atoms with van der Waals surface area (Å²) in [5.41, 5.74) is 2.03. The van der Waals surface area contributed by atoms with Gasteiger partial charge in [-0.15, -0.1) is 15.3 Å². The molecule has 0 radical (unpaired) electrons. The summed E-state index contributed by atoms with van der Waals surface area (Å²) in [7, 11) is 0. The van der Waals surface area contributed by atoms with Gasteiger partial charge in [0.05, 0.1) is 0 Å². The molecular weight excluding hydrogens is 354 g/mol. The maximum absolute atomic E-state index is 4.66. The van der Waals surface area contributed by atoms with Gasteiger partial charge in [-0.05, 0) is 54.8 Å². The van der Waals surface area contributed by atoms with E-state index in [9.17, 15) is 0 Å². The Bertz CT molecular complexity index is 1060. The maximum atomic E-state index is 4.66. The van der Waals surface area contributed by atoms with Gasteiger partial charge in [-0.3, -0.25) is 0 Å². The minimum Gasteiger partial charge on any atom is -0.365 e. The maximum Gasteiger partial charge on any atom is 0.178 e. The second kappa shape index (κ2) is 7.04. The summed E-state index contributed by atoms with van der Waals surface area (Å²) in [6, 6.07) is 23.0. The molecule has 1 N–H and O–H groups in total. The molecule has 2 aromatic heterocycles. The molecule has 4 aromatic rings. The third kappa shape index (κ3) is 3.66. The molecule has 0 unspecified atom stereocenters. The molecule has 6 heteroatoms. The first kappa shape index (κ1) is 16.3. The van der Waals surface area contributed by atoms with Crippen LogP contribution in [0.1, 0.15) is 30.1 Å². The number of fused-ring (bicyclic) bond motifs is 1. The number of aromatic nitrogens is 4. The highest BCUT2D eigenvalue weighted by Gasteiger charge is 2.29. The number of hydrogen-bond donors (Lipinski definition) is 1. The van der Waals surface area contributed by atoms with Crippen molar-refractivity contribution in [2.75, 3.05) is 5.32 Å². The average molecular weight is 373 g/mol. The second-order valence-corrected chi connectivity index (χ2v) is 7.88. The van der Waals surface area contributed by atoms with Crippen LogP contribution in [-0.2, 0) is 6.54 Å². The molecule has 0 amide bonds. The van der Waals surface area contributed by atoms with E-state index in [1.807, 2.05) is 22.7 Å². The van der Waals surface area contributed by atoms with Crippen LogP contribution in [0.2, 0.25) is 0 Å². The lowest BCUT2D eigenvalue weighted by atomic mass is 10.2. The van der Waals surface area contributed by atoms with Crippen molar-refractivity contribution in [1.82, 2.24) is 19.8 Å². The van der Waals surface area contributed by atoms with Crippen LogP contribution in [0.4, 0.5) is 5.82 Å². The van der Waals surface area contributed by atoms with Crippen molar-refractivity contribution in [3.8, 4) is 0 Å². The highest BCUT2D eigenvalue weighted by atomic mass is 32.2. The standard InChI is InChI=1S/C21H19N5S/c1-2-4-17(5-3-1)27-18-10-6-15(7-11-18)14-22-19-12-13-20-23-24-21(16-8-9-16)26(20)25-19/h1-7,10-13,16H,8-9,14H2,(H,22,25). The van der Waals surface area contributed by atoms with E-state index in [-0.39, 0.29) is 0 Å². The largest absolute Gasteiger partial charge is 0.365 e. The minimum absolute atomic E-state index is 0.525. The molecule has 0 bridgehead atoms. The first-order valence-electron chi connectivity index (χ1n) is 9.13. The normalized spacial score (nSPS) is 13.8. The monoisotopic (exact) mass is 373 g/mol. The van der Waals surface area contributed by atoms with Gasteiger partial charge >= 0.3 is 0 Å². The van der Waals surface area contributed by atoms with Crippen molar-refractivity contribution in [3.63, 3.8) is 0 Å². The number of anilines is 1. The smallest absolute Gasteiger partial charge is 0.178 e. The molecule has 1 aliphatic carbocycles. The molecule has 0 aliphatic heterocycles. The highest BCUT2D eigenvalue weighted by Crippen LogP contribution is 2.38. The zero-order chi connectivity index (χ0) is 18.1. The van der Waals surface area contributed by atoms with Crippen LogP contribution in [0, 0.1) is 0 Å². The van der Waals surface area contributed by atoms with Gasteiger partial charge in [0.15, 0.2) is 11.5 Å². The van der Waals surface area contributed by atoms with E-state index < -0.39 is 0 Å². The predicted molar refractivity (Wildman–Crippen MR) is 107 cm³/mol. The fourth-order valence-electron chi connectivity index (χ4n) is 2.99. The summed E-state index contributed by atoms with van der Waals surface area (Å²) in [4.78, 5) is 2.49. The number of benzene rings is 2. The molecule has 5 nitrogen and oxygen atoms in total. The summed E-state index contributed by atoms with van der Waals surface area (Å²) >= 11 is 1.77. The lowest BCUT2D eigenvalue weighted by Crippen LogP contribution is -2.05. The molecular formula is C21H19N5S. The van der Waals surface area contributed by atoms with Gasteiger partial charge in [0, 0.05) is 22.3 Å². The minimum atomic E-state index is 0.525. The SMILES string of the molecule is c1ccc(Sc2ccc(CNc3ccc4nnc(C5CC5)n4n3)cc2)cc1. The summed E-state index contributed by atoms with van der Waals surface area (Å²) in [6.07, 6.45) is 2.38. The Morgan fingerprint density at radius 1 is 0.889 bits per heavy atom. The van der Waals surface area contributed by atoms with Crippen LogP contribution in [-0.4, -0.2) is 19.8 Å². The molecule has 134 valence electrons. The van der Waals surface area contributed by atoms with Crippen molar-refractivity contribution in [3.05, 3.63) is 78.1 Å². The quantitative estimate of drug-likeness (QED) is 0.528. The summed E-state index contributed by atoms with van der Waals surface area (Å²) in [5, 5.41) is 16.6. The lowest BCUT2D eigenvalue weighted by molar-refractivity contribution is 0.814. The van der Waals surface area contributed by atoms with Crippen molar-refractivity contribution in [2.24, 2.45) is 0 Å². The molecule has 1 fully saturated rings. The molecule has 1 saturated carbocycles. The van der Waals surface area contributed by atoms with E-state index in [1.54, 1.807) is 11.8 Å². The Balaban J connectivity index is 1.26. The predicted octanol–water partition coefficient (Wildman–Crippen LogP) is 4.77. The van der Waals surface area contributed by atoms with Crippen LogP contribution < -0.4 is 5.32 Å². The molecule has 0 saturated heterocycles. The molecule has 2 heterocycles. The number of nitrogens with zero attached hydrogens (tertiary/aromatic N) is 4. The summed E-state index contributed by atoms with van der Waals surface area (Å²) in [6.45, 7) is 0.732. The zero-order valence-corrected chi connectivity index (χ0v) is 15.6. The van der Waals surface area contributed by atoms with E-state index in [0.29, 0.717) is 5.92 Å². The van der Waals surface area contributed by atoms with E-state index in [1.165, 1.54) is 28.2 Å². The molecule has 2 aromatic carbocycles. The van der Waals surface area contributed by atoms with E-state index in [0.717, 1.165) is 23.8 Å². The van der Waals surface area contributed by atoms with Crippen molar-refractivity contribution in [1.29, 1.82) is 0 Å². The summed E-state index contributed by atoms with van der Waals surface area (Å²) < 4.78 is 1.87. The fraction of sp³-hybridized carbons (Fsp3) is 0.190. The van der Waals surface area contributed by atoms with Crippen LogP contribution in [0.5, 0.6) is 0 Å². The van der Waals surface area contributed by atoms with Gasteiger partial charge in [-0.25, -0.2) is 0 Å². The van der Waals surface area contributed by atoms with Gasteiger partial charge in [0.2, 0.25) is 0 Å². The van der Waals surface area contributed by atoms with Gasteiger partial charge in [0.25, 0.3) is 0 Å². The molecule has 27 heavy (non-hydrogen) atoms. The second-order valence-electron chi connectivity index (χ2n) is 6.73. The number of nitrogens with one attached hydrogen (secondary N) is 1. The van der Waals surface area contributed by atoms with Crippen LogP contribution in [0.15, 0.2) is 76.5 Å². The Labute approximate surface area is 161 Å². The van der Waals surface area contributed by atoms with Gasteiger partial charge in [-0.2, -0.15) is 4.52 Å². The highest BCUT2D eigenvalue weighted by molar-refractivity contribution is 7.99. The number of hydrogen-bond acceptors (Lipinski definition) is 5. The van der Waals surface area contributed by atoms with Crippen LogP contribution >= 0.6 is 11.8 Å². The first-order valence-corrected chi connectivity index (χ1v) is 9.95. The zero-order valence-electron chi connectivity index (χ0n) is 14.7. The molecule has 0 spiro atoms. The fourth-order valence-corrected chi connectivity index (χ4v) is 3.83. The molecule has 5 rings (SSSR count). The molecule has 1 aliphatic rings. The molecule has 0 atom stereocenters. The summed E-state index contributed by atoms with van der Waals surface area (Å²) in [5.74, 6) is 2.35. The average Bonchev–Trinajstić information content (AvgIpc) is 3.47. The third-order valence-electron chi connectivity index (χ3n) is 4.61. The van der Waals surface area contributed by atoms with E-state index >= 15 is 0 Å². The Morgan fingerprint density at radius 2 is 1.67 bits per heavy atom. The van der Waals surface area contributed by atoms with Crippen LogP contribution in [0.3, 0.4) is 0 Å². The van der Waals surface area contributed by atoms with E-state index in [2.05, 4.69) is 69.1 Å². The topological polar surface area (TPSA) is 55.1 Å². The Hall–Kier alpha value is -2.86. The van der Waals surface area contributed by atoms with Crippen LogP contribution in [0.25, 0.3) is 5.65 Å². The third-order valence-corrected chi connectivity index (χ3v) is 5.62. The van der Waals surface area contributed by atoms with Gasteiger partial charge in [0.1, 0.15) is 5.82 Å². The Kier molecular flexibility index (Phi) is 4.26. The van der Waals surface area contributed by atoms with Crippen molar-refractivity contribution in [2.45, 2.75) is 35.1 Å². The lowest BCUT2D eigenvalue weighted by Gasteiger charge is -2.07.